The van der Waals surface area contributed by atoms with E-state index < -0.39 is 0 Å². The van der Waals surface area contributed by atoms with Gasteiger partial charge in [0.1, 0.15) is 5.75 Å². The fourth-order valence-electron chi connectivity index (χ4n) is 4.21. The Balaban J connectivity index is 1.20. The summed E-state index contributed by atoms with van der Waals surface area (Å²) in [6.07, 6.45) is 7.32. The van der Waals surface area contributed by atoms with Gasteiger partial charge in [-0.3, -0.25) is 4.90 Å². The first-order valence-electron chi connectivity index (χ1n) is 9.83. The summed E-state index contributed by atoms with van der Waals surface area (Å²) in [5.41, 5.74) is 5.37. The van der Waals surface area contributed by atoms with Crippen molar-refractivity contribution in [3.63, 3.8) is 0 Å². The zero-order valence-corrected chi connectivity index (χ0v) is 15.3. The van der Waals surface area contributed by atoms with E-state index in [-0.39, 0.29) is 0 Å². The molecule has 2 aromatic carbocycles. The van der Waals surface area contributed by atoms with Crippen molar-refractivity contribution in [1.29, 1.82) is 0 Å². The van der Waals surface area contributed by atoms with Crippen LogP contribution < -0.4 is 5.32 Å². The molecule has 1 unspecified atom stereocenters. The smallest absolute Gasteiger partial charge is 0.117 e. The van der Waals surface area contributed by atoms with Crippen molar-refractivity contribution < 1.29 is 5.11 Å². The summed E-state index contributed by atoms with van der Waals surface area (Å²) < 4.78 is 0. The van der Waals surface area contributed by atoms with E-state index in [2.05, 4.69) is 52.7 Å². The van der Waals surface area contributed by atoms with Gasteiger partial charge in [0.25, 0.3) is 0 Å². The number of nitrogens with one attached hydrogen (secondary N) is 1. The fourth-order valence-corrected chi connectivity index (χ4v) is 4.21. The van der Waals surface area contributed by atoms with Crippen LogP contribution in [0.5, 0.6) is 5.75 Å². The summed E-state index contributed by atoms with van der Waals surface area (Å²) in [6, 6.07) is 16.5. The molecule has 2 heterocycles. The van der Waals surface area contributed by atoms with Gasteiger partial charge in [-0.2, -0.15) is 0 Å². The van der Waals surface area contributed by atoms with E-state index >= 15 is 0 Å². The third-order valence-corrected chi connectivity index (χ3v) is 5.73. The summed E-state index contributed by atoms with van der Waals surface area (Å²) in [7, 11) is 0. The molecule has 1 atom stereocenters. The third-order valence-electron chi connectivity index (χ3n) is 5.73. The summed E-state index contributed by atoms with van der Waals surface area (Å²) in [5.74, 6) is 0.946. The average Bonchev–Trinajstić information content (AvgIpc) is 3.08. The van der Waals surface area contributed by atoms with E-state index in [1.165, 1.54) is 49.1 Å². The van der Waals surface area contributed by atoms with Crippen LogP contribution in [0.2, 0.25) is 0 Å². The molecule has 0 fully saturated rings. The number of phenolic OH excluding ortho intramolecular Hbond substituents is 1. The molecule has 136 valence electrons. The van der Waals surface area contributed by atoms with Crippen LogP contribution in [0.25, 0.3) is 5.57 Å². The highest BCUT2D eigenvalue weighted by Gasteiger charge is 2.22. The molecule has 0 bridgehead atoms. The number of hydrogen-bond donors (Lipinski definition) is 2. The van der Waals surface area contributed by atoms with Gasteiger partial charge in [0, 0.05) is 37.3 Å². The fraction of sp³-hybridized carbons (Fsp3) is 0.391. The van der Waals surface area contributed by atoms with Crippen LogP contribution >= 0.6 is 0 Å². The minimum Gasteiger partial charge on any atom is -0.508 e. The van der Waals surface area contributed by atoms with Gasteiger partial charge in [0.05, 0.1) is 0 Å². The number of fused-ring (bicyclic) bond motifs is 1. The van der Waals surface area contributed by atoms with Crippen molar-refractivity contribution in [2.45, 2.75) is 31.6 Å². The second kappa shape index (κ2) is 7.96. The zero-order valence-electron chi connectivity index (χ0n) is 15.3. The average molecular weight is 348 g/mol. The molecule has 0 saturated heterocycles. The van der Waals surface area contributed by atoms with Gasteiger partial charge < -0.3 is 10.4 Å². The van der Waals surface area contributed by atoms with E-state index in [1.54, 1.807) is 0 Å². The predicted octanol–water partition coefficient (Wildman–Crippen LogP) is 4.86. The molecular formula is C23H28N2O. The molecule has 4 rings (SSSR count). The Hall–Kier alpha value is -2.26. The molecular weight excluding hydrogens is 320 g/mol. The lowest BCUT2D eigenvalue weighted by atomic mass is 9.95. The second-order valence-electron chi connectivity index (χ2n) is 7.49. The molecule has 0 aromatic heterocycles. The van der Waals surface area contributed by atoms with Crippen LogP contribution in [0.15, 0.2) is 54.6 Å². The van der Waals surface area contributed by atoms with Crippen LogP contribution in [0.1, 0.15) is 42.7 Å². The van der Waals surface area contributed by atoms with Crippen molar-refractivity contribution in [2.24, 2.45) is 0 Å². The Labute approximate surface area is 156 Å². The van der Waals surface area contributed by atoms with Crippen LogP contribution in [0, 0.1) is 0 Å². The standard InChI is InChI=1S/C23H28N2O/c26-21-9-10-22-20(17-24-23(22)16-21)8-4-5-13-25-14-11-19(12-15-25)18-6-2-1-3-7-18/h1-3,6-7,9-11,16,20,24,26H,4-5,8,12-15,17H2. The number of phenols is 1. The number of nitrogens with zero attached hydrogens (tertiary/aromatic N) is 1. The van der Waals surface area contributed by atoms with Crippen LogP contribution in [0.4, 0.5) is 5.69 Å². The van der Waals surface area contributed by atoms with Gasteiger partial charge in [-0.05, 0) is 48.6 Å². The molecule has 3 heteroatoms. The Morgan fingerprint density at radius 1 is 1.08 bits per heavy atom. The monoisotopic (exact) mass is 348 g/mol. The quantitative estimate of drug-likeness (QED) is 0.732. The van der Waals surface area contributed by atoms with E-state index in [0.717, 1.165) is 25.2 Å². The number of unbranched alkanes of at least 4 members (excludes halogenated alkanes) is 1. The molecule has 2 aliphatic rings. The van der Waals surface area contributed by atoms with Crippen molar-refractivity contribution in [1.82, 2.24) is 4.90 Å². The maximum absolute atomic E-state index is 9.58. The highest BCUT2D eigenvalue weighted by molar-refractivity contribution is 5.66. The first-order valence-corrected chi connectivity index (χ1v) is 9.83. The van der Waals surface area contributed by atoms with Crippen molar-refractivity contribution >= 4 is 11.3 Å². The molecule has 3 nitrogen and oxygen atoms in total. The summed E-state index contributed by atoms with van der Waals surface area (Å²) in [4.78, 5) is 2.57. The maximum atomic E-state index is 9.58. The minimum atomic E-state index is 0.352. The van der Waals surface area contributed by atoms with Gasteiger partial charge in [0.15, 0.2) is 0 Å². The number of rotatable bonds is 6. The first-order chi connectivity index (χ1) is 12.8. The second-order valence-corrected chi connectivity index (χ2v) is 7.49. The zero-order chi connectivity index (χ0) is 17.8. The Morgan fingerprint density at radius 2 is 1.96 bits per heavy atom. The third kappa shape index (κ3) is 3.94. The topological polar surface area (TPSA) is 35.5 Å². The largest absolute Gasteiger partial charge is 0.508 e. The minimum absolute atomic E-state index is 0.352. The Morgan fingerprint density at radius 3 is 2.77 bits per heavy atom. The molecule has 0 saturated carbocycles. The SMILES string of the molecule is Oc1ccc2c(c1)NCC2CCCCN1CC=C(c2ccccc2)CC1. The lowest BCUT2D eigenvalue weighted by molar-refractivity contribution is 0.293. The molecule has 2 N–H and O–H groups in total. The summed E-state index contributed by atoms with van der Waals surface area (Å²) in [5, 5.41) is 13.0. The van der Waals surface area contributed by atoms with E-state index in [1.807, 2.05) is 12.1 Å². The highest BCUT2D eigenvalue weighted by Crippen LogP contribution is 2.36. The Kier molecular flexibility index (Phi) is 5.26. The van der Waals surface area contributed by atoms with Gasteiger partial charge in [-0.15, -0.1) is 0 Å². The van der Waals surface area contributed by atoms with Crippen LogP contribution in [-0.4, -0.2) is 36.2 Å². The van der Waals surface area contributed by atoms with Crippen LogP contribution in [0.3, 0.4) is 0 Å². The molecule has 0 radical (unpaired) electrons. The van der Waals surface area contributed by atoms with Gasteiger partial charge in [-0.25, -0.2) is 0 Å². The number of benzene rings is 2. The van der Waals surface area contributed by atoms with E-state index in [0.29, 0.717) is 11.7 Å². The lowest BCUT2D eigenvalue weighted by Crippen LogP contribution is -2.29. The Bertz CT molecular complexity index is 769. The predicted molar refractivity (Wildman–Crippen MR) is 109 cm³/mol. The number of anilines is 1. The van der Waals surface area contributed by atoms with E-state index in [4.69, 9.17) is 0 Å². The number of hydrogen-bond acceptors (Lipinski definition) is 3. The normalized spacial score (nSPS) is 19.7. The summed E-state index contributed by atoms with van der Waals surface area (Å²) in [6.45, 7) is 4.46. The van der Waals surface area contributed by atoms with Gasteiger partial charge in [0.2, 0.25) is 0 Å². The first kappa shape index (κ1) is 17.2. The lowest BCUT2D eigenvalue weighted by Gasteiger charge is -2.26. The molecule has 0 spiro atoms. The van der Waals surface area contributed by atoms with Crippen molar-refractivity contribution in [3.8, 4) is 5.75 Å². The van der Waals surface area contributed by atoms with Crippen LogP contribution in [-0.2, 0) is 0 Å². The van der Waals surface area contributed by atoms with Gasteiger partial charge >= 0.3 is 0 Å². The van der Waals surface area contributed by atoms with Gasteiger partial charge in [-0.1, -0.05) is 48.9 Å². The highest BCUT2D eigenvalue weighted by atomic mass is 16.3. The van der Waals surface area contributed by atoms with E-state index in [9.17, 15) is 5.11 Å². The summed E-state index contributed by atoms with van der Waals surface area (Å²) >= 11 is 0. The van der Waals surface area contributed by atoms with Crippen molar-refractivity contribution in [2.75, 3.05) is 31.5 Å². The maximum Gasteiger partial charge on any atom is 0.117 e. The molecule has 0 amide bonds. The molecule has 2 aromatic rings. The number of aromatic hydroxyl groups is 1. The molecule has 26 heavy (non-hydrogen) atoms. The molecule has 0 aliphatic carbocycles. The van der Waals surface area contributed by atoms with Crippen molar-refractivity contribution in [3.05, 3.63) is 65.7 Å². The molecule has 2 aliphatic heterocycles.